The summed E-state index contributed by atoms with van der Waals surface area (Å²) in [5.41, 5.74) is 0.806. The molecule has 65 heteroatoms. The van der Waals surface area contributed by atoms with Crippen molar-refractivity contribution in [2.24, 2.45) is 11.8 Å². The number of carbonyl (C=O) groups excluding carboxylic acids is 18. The Labute approximate surface area is 745 Å². The molecule has 758 valence electrons. The molecule has 0 spiro atoms. The maximum Gasteiger partial charge on any atom is 0.373 e. The lowest BCUT2D eigenvalue weighted by molar-refractivity contribution is -0.193. The van der Waals surface area contributed by atoms with Gasteiger partial charge in [-0.2, -0.15) is 86.3 Å². The van der Waals surface area contributed by atoms with Crippen molar-refractivity contribution in [2.45, 2.75) is 175 Å². The van der Waals surface area contributed by atoms with Gasteiger partial charge in [0.1, 0.15) is 0 Å². The first-order chi connectivity index (χ1) is 60.1. The summed E-state index contributed by atoms with van der Waals surface area (Å²) in [6.45, 7) is 5.14. The van der Waals surface area contributed by atoms with Crippen LogP contribution in [0.15, 0.2) is 30.3 Å². The third kappa shape index (κ3) is 211. The molecule has 0 radical (unpaired) electrons. The van der Waals surface area contributed by atoms with Crippen LogP contribution in [0.5, 0.6) is 0 Å². The molecule has 0 amide bonds. The Morgan fingerprint density at radius 3 is 0.695 bits per heavy atom. The fourth-order valence-electron chi connectivity index (χ4n) is 7.41. The quantitative estimate of drug-likeness (QED) is 0.0329. The third-order valence-corrected chi connectivity index (χ3v) is 24.4. The van der Waals surface area contributed by atoms with E-state index >= 15 is 0 Å². The van der Waals surface area contributed by atoms with Crippen LogP contribution >= 0.6 is 59.9 Å². The Bertz CT molecular complexity index is 3750. The molecule has 0 saturated carbocycles. The van der Waals surface area contributed by atoms with Gasteiger partial charge in [-0.25, -0.2) is 0 Å². The van der Waals surface area contributed by atoms with Gasteiger partial charge in [-0.15, -0.1) is 0 Å². The van der Waals surface area contributed by atoms with Crippen molar-refractivity contribution < 1.29 is 276 Å². The molecule has 1 rings (SSSR count). The number of carboxylic acids is 9. The largest absolute Gasteiger partial charge is 0.481 e. The summed E-state index contributed by atoms with van der Waals surface area (Å²) in [5.74, 6) is -11.4. The van der Waals surface area contributed by atoms with Crippen LogP contribution in [-0.4, -0.2) is 299 Å². The average Bonchev–Trinajstić information content (AvgIpc) is 0.867. The minimum absolute atomic E-state index is 0.00639. The number of benzene rings is 1. The standard InChI is InChI=1S/C15H21O6P.C11H19O8P.C8H15O6P.C8H17O4P.C5H11O5P.C5H13O3P.C3H9O4P.C2H7O3P.9CO2/c16-14(17)8-4-5-9-22(20,21)11-13(15(18)19)10-12-6-2-1-3-7-12;12-9(13)3-1-2-6-20(18,19)7-8(11(16)17)4-5-10(14)15;9-7(10)3-1-2-5-15(13,14)6-4-8(11)12;1-2-6-13(11,12)7-4-3-5-8(9)10;6-5(7)3-1-2-4-11(8,9)10;1-2-3-4-5-9(6,7)8;4-2-1-3-8(5,6)7;1-2-6(3,4)5;9*2-1-3/h1-3,6-7,13H,4-5,8-11H2,(H,16,17)(H,18,19)(H,20,21);8H,1-7H2,(H,12,13)(H,14,15)(H,16,17)(H,18,19);1-6H2,(H,9,10)(H,11,12)(H,13,14);2-7H2,1H3,(H,9,10)(H,11,12);1-4H2,(H,6,7)(H2,8,9,10);2-5H2,1H3,(H2,6,7,8);4H,1-3H2,(H2,5,6,7);2H2,1H3,(H2,3,4,5);;;;;;;;;. The first kappa shape index (κ1) is 158. The van der Waals surface area contributed by atoms with Gasteiger partial charge in [-0.05, 0) is 102 Å². The van der Waals surface area contributed by atoms with Gasteiger partial charge in [0.05, 0.1) is 24.4 Å². The van der Waals surface area contributed by atoms with Crippen molar-refractivity contribution in [1.29, 1.82) is 0 Å². The average molecular weight is 2070 g/mol. The first-order valence-electron chi connectivity index (χ1n) is 36.1. The molecule has 131 heavy (non-hydrogen) atoms. The van der Waals surface area contributed by atoms with E-state index in [2.05, 4.69) is 0 Å². The number of aliphatic carboxylic acids is 9. The van der Waals surface area contributed by atoms with E-state index < -0.39 is 132 Å². The van der Waals surface area contributed by atoms with Crippen molar-refractivity contribution in [3.8, 4) is 0 Å². The topological polar surface area (TPSA) is 1040 Å². The number of hydrogen-bond acceptors (Lipinski definition) is 36. The van der Waals surface area contributed by atoms with Crippen LogP contribution in [0.4, 0.5) is 0 Å². The van der Waals surface area contributed by atoms with E-state index in [1.807, 2.05) is 19.9 Å². The second-order valence-electron chi connectivity index (χ2n) is 23.9. The van der Waals surface area contributed by atoms with E-state index in [4.69, 9.17) is 171 Å². The lowest BCUT2D eigenvalue weighted by Gasteiger charge is -2.17. The summed E-state index contributed by atoms with van der Waals surface area (Å²) in [6.07, 6.45) is 7.11. The summed E-state index contributed by atoms with van der Waals surface area (Å²) >= 11 is 0. The molecule has 0 aliphatic rings. The van der Waals surface area contributed by atoms with E-state index in [9.17, 15) is 104 Å². The number of aliphatic hydroxyl groups is 1. The molecular formula is C66H112O57P8. The van der Waals surface area contributed by atoms with Gasteiger partial charge in [-0.3, -0.25) is 79.7 Å². The van der Waals surface area contributed by atoms with Crippen molar-refractivity contribution in [2.75, 3.05) is 80.5 Å². The molecule has 0 aliphatic heterocycles. The predicted octanol–water partition coefficient (Wildman–Crippen LogP) is 2.69. The molecule has 1 aromatic rings. The van der Waals surface area contributed by atoms with Crippen LogP contribution in [-0.2, 0) is 172 Å². The fraction of sp³-hybridized carbons (Fsp3) is 0.636. The lowest BCUT2D eigenvalue weighted by Crippen LogP contribution is -2.21. The van der Waals surface area contributed by atoms with Crippen molar-refractivity contribution in [1.82, 2.24) is 0 Å². The van der Waals surface area contributed by atoms with Crippen LogP contribution in [0.25, 0.3) is 0 Å². The van der Waals surface area contributed by atoms with Crippen molar-refractivity contribution in [3.05, 3.63) is 35.9 Å². The summed E-state index contributed by atoms with van der Waals surface area (Å²) in [5, 5.41) is 84.7. The van der Waals surface area contributed by atoms with Gasteiger partial charge in [0, 0.05) is 113 Å². The molecule has 0 fully saturated rings. The highest BCUT2D eigenvalue weighted by Crippen LogP contribution is 2.46. The summed E-state index contributed by atoms with van der Waals surface area (Å²) in [4.78, 5) is 344. The molecule has 1 aromatic carbocycles. The number of unbranched alkanes of at least 4 members (excludes halogenated alkanes) is 7. The maximum atomic E-state index is 12.1. The van der Waals surface area contributed by atoms with Gasteiger partial charge in [0.2, 0.25) is 29.5 Å². The highest BCUT2D eigenvalue weighted by Gasteiger charge is 2.31. The Morgan fingerprint density at radius 2 is 0.489 bits per heavy atom. The molecule has 0 aliphatic carbocycles. The van der Waals surface area contributed by atoms with Gasteiger partial charge in [-0.1, -0.05) is 63.9 Å². The van der Waals surface area contributed by atoms with Crippen LogP contribution in [0.2, 0.25) is 0 Å². The van der Waals surface area contributed by atoms with Gasteiger partial charge in [0.25, 0.3) is 0 Å². The van der Waals surface area contributed by atoms with E-state index in [0.717, 1.165) is 18.4 Å². The number of rotatable bonds is 49. The monoisotopic (exact) mass is 2060 g/mol. The zero-order valence-corrected chi connectivity index (χ0v) is 77.6. The molecule has 0 aromatic heterocycles. The van der Waals surface area contributed by atoms with E-state index in [1.165, 1.54) is 6.92 Å². The van der Waals surface area contributed by atoms with Crippen molar-refractivity contribution in [3.63, 3.8) is 0 Å². The number of carboxylic acid groups (broad SMARTS) is 9. The molecule has 0 bridgehead atoms. The normalized spacial score (nSPS) is 11.6. The zero-order valence-electron chi connectivity index (χ0n) is 70.4. The summed E-state index contributed by atoms with van der Waals surface area (Å²) in [6, 6.07) is 8.96. The van der Waals surface area contributed by atoms with Crippen molar-refractivity contribution >= 4 is 169 Å². The maximum absolute atomic E-state index is 12.1. The first-order valence-corrected chi connectivity index (χ1v) is 51.4. The Kier molecular flexibility index (Phi) is 132. The van der Waals surface area contributed by atoms with Crippen LogP contribution < -0.4 is 0 Å². The van der Waals surface area contributed by atoms with E-state index in [0.29, 0.717) is 63.9 Å². The SMILES string of the molecule is CCCCCP(=O)(O)O.CCCP(=O)(O)CCCCC(=O)O.CCP(=O)(O)O.O=C(O)CCCCP(=O)(O)CC(CCC(=O)O)C(=O)O.O=C(O)CCCCP(=O)(O)CC(Cc1ccccc1)C(=O)O.O=C(O)CCCCP(=O)(O)CCC(=O)O.O=C(O)CCCCP(=O)(O)O.O=C=O.O=C=O.O=C=O.O=C=O.O=C=O.O=C=O.O=C=O.O=C=O.O=C=O.O=P(O)(O)CCCO. The number of hydrogen-bond donors (Lipinski definition) is 22. The Morgan fingerprint density at radius 1 is 0.267 bits per heavy atom. The second-order valence-corrected chi connectivity index (χ2v) is 41.3. The third-order valence-electron chi connectivity index (χ3n) is 12.7. The zero-order chi connectivity index (χ0) is 107. The number of aliphatic hydroxyl groups excluding tert-OH is 1. The molecule has 0 saturated heterocycles. The number of carbonyl (C=O) groups is 9. The molecular weight excluding hydrogens is 1950 g/mol. The Balaban J connectivity index is -0.0000000807. The molecule has 6 unspecified atom stereocenters. The molecule has 22 N–H and O–H groups in total. The van der Waals surface area contributed by atoms with Crippen LogP contribution in [0.1, 0.15) is 174 Å². The molecule has 6 atom stereocenters. The molecule has 57 nitrogen and oxygen atoms in total. The van der Waals surface area contributed by atoms with Gasteiger partial charge < -0.3 is 110 Å². The highest BCUT2D eigenvalue weighted by molar-refractivity contribution is 7.59. The summed E-state index contributed by atoms with van der Waals surface area (Å²) < 4.78 is 86.6. The highest BCUT2D eigenvalue weighted by atomic mass is 31.2. The lowest BCUT2D eigenvalue weighted by atomic mass is 10.0. The molecule has 0 heterocycles. The minimum Gasteiger partial charge on any atom is -0.481 e. The Hall–Kier alpha value is -9.81. The minimum atomic E-state index is -3.92. The fourth-order valence-corrected chi connectivity index (χ4v) is 16.2. The van der Waals surface area contributed by atoms with Gasteiger partial charge in [0.15, 0.2) is 0 Å². The van der Waals surface area contributed by atoms with E-state index in [-0.39, 0.29) is 207 Å². The summed E-state index contributed by atoms with van der Waals surface area (Å²) in [7, 11) is -28.7. The van der Waals surface area contributed by atoms with Crippen LogP contribution in [0.3, 0.4) is 0 Å². The van der Waals surface area contributed by atoms with E-state index in [1.54, 1.807) is 24.3 Å². The van der Waals surface area contributed by atoms with Crippen LogP contribution in [0, 0.1) is 11.8 Å². The predicted molar refractivity (Wildman–Crippen MR) is 427 cm³/mol. The van der Waals surface area contributed by atoms with Gasteiger partial charge >= 0.3 is 139 Å². The second kappa shape index (κ2) is 109. The smallest absolute Gasteiger partial charge is 0.373 e.